The molecule has 0 amide bonds. The van der Waals surface area contributed by atoms with Crippen molar-refractivity contribution >= 4 is 40.0 Å². The second kappa shape index (κ2) is 10.6. The van der Waals surface area contributed by atoms with E-state index in [1.807, 2.05) is 6.92 Å². The quantitative estimate of drug-likeness (QED) is 0.256. The Labute approximate surface area is 146 Å². The summed E-state index contributed by atoms with van der Waals surface area (Å²) in [5.74, 6) is 1.54. The molecular weight excluding hydrogens is 403 g/mol. The number of hydrogen-bond acceptors (Lipinski definition) is 3. The van der Waals surface area contributed by atoms with Crippen LogP contribution in [0.25, 0.3) is 0 Å². The van der Waals surface area contributed by atoms with Crippen molar-refractivity contribution in [1.29, 1.82) is 0 Å². The normalized spacial score (nSPS) is 23.3. The van der Waals surface area contributed by atoms with Gasteiger partial charge >= 0.3 is 0 Å². The molecule has 1 saturated carbocycles. The topological polar surface area (TPSA) is 82.6 Å². The lowest BCUT2D eigenvalue weighted by molar-refractivity contribution is 0.324. The van der Waals surface area contributed by atoms with Crippen molar-refractivity contribution in [2.75, 3.05) is 25.9 Å². The molecule has 2 unspecified atom stereocenters. The van der Waals surface area contributed by atoms with Crippen molar-refractivity contribution in [3.8, 4) is 0 Å². The summed E-state index contributed by atoms with van der Waals surface area (Å²) in [6, 6.07) is 0.472. The van der Waals surface area contributed by atoms with Crippen molar-refractivity contribution in [1.82, 2.24) is 15.4 Å². The number of nitrogens with zero attached hydrogens (tertiary/aromatic N) is 1. The monoisotopic (exact) mass is 432 g/mol. The molecule has 0 bridgehead atoms. The maximum absolute atomic E-state index is 11.0. The van der Waals surface area contributed by atoms with Gasteiger partial charge in [-0.2, -0.15) is 0 Å². The maximum Gasteiger partial charge on any atom is 0.208 e. The second-order valence-electron chi connectivity index (χ2n) is 5.54. The Morgan fingerprint density at radius 3 is 2.62 bits per heavy atom. The van der Waals surface area contributed by atoms with Crippen molar-refractivity contribution in [2.45, 2.75) is 45.6 Å². The Morgan fingerprint density at radius 2 is 2.05 bits per heavy atom. The van der Waals surface area contributed by atoms with Gasteiger partial charge in [0.2, 0.25) is 10.0 Å². The lowest BCUT2D eigenvalue weighted by Gasteiger charge is -2.28. The lowest BCUT2D eigenvalue weighted by atomic mass is 9.87. The van der Waals surface area contributed by atoms with Gasteiger partial charge in [-0.15, -0.1) is 24.0 Å². The largest absolute Gasteiger partial charge is 0.357 e. The smallest absolute Gasteiger partial charge is 0.208 e. The predicted octanol–water partition coefficient (Wildman–Crippen LogP) is 1.29. The molecule has 8 heteroatoms. The molecule has 126 valence electrons. The zero-order valence-electron chi connectivity index (χ0n) is 13.2. The van der Waals surface area contributed by atoms with Gasteiger partial charge in [-0.05, 0) is 25.7 Å². The minimum atomic E-state index is -3.13. The van der Waals surface area contributed by atoms with Crippen LogP contribution in [0.3, 0.4) is 0 Å². The fourth-order valence-corrected chi connectivity index (χ4v) is 2.94. The summed E-state index contributed by atoms with van der Waals surface area (Å²) in [6.07, 6.45) is 6.07. The van der Waals surface area contributed by atoms with E-state index >= 15 is 0 Å². The zero-order chi connectivity index (χ0) is 15.0. The molecule has 0 aliphatic heterocycles. The van der Waals surface area contributed by atoms with Crippen LogP contribution < -0.4 is 15.4 Å². The summed E-state index contributed by atoms with van der Waals surface area (Å²) in [4.78, 5) is 4.40. The highest BCUT2D eigenvalue weighted by molar-refractivity contribution is 14.0. The third-order valence-corrected chi connectivity index (χ3v) is 4.10. The molecule has 0 aromatic carbocycles. The summed E-state index contributed by atoms with van der Waals surface area (Å²) in [7, 11) is -3.13. The Hall–Kier alpha value is -0.0900. The molecule has 0 aromatic rings. The lowest BCUT2D eigenvalue weighted by Crippen LogP contribution is -2.45. The second-order valence-corrected chi connectivity index (χ2v) is 7.37. The number of sulfonamides is 1. The average Bonchev–Trinajstić information content (AvgIpc) is 2.33. The van der Waals surface area contributed by atoms with Crippen LogP contribution >= 0.6 is 24.0 Å². The van der Waals surface area contributed by atoms with Crippen molar-refractivity contribution in [2.24, 2.45) is 10.9 Å². The average molecular weight is 432 g/mol. The van der Waals surface area contributed by atoms with Crippen LogP contribution in [0.15, 0.2) is 4.99 Å². The number of rotatable bonds is 6. The summed E-state index contributed by atoms with van der Waals surface area (Å²) in [6.45, 7) is 5.87. The molecule has 6 nitrogen and oxygen atoms in total. The van der Waals surface area contributed by atoms with Gasteiger partial charge in [-0.3, -0.25) is 4.99 Å². The SMILES string of the molecule is CCNC(=NCCNS(C)(=O)=O)NC1CCCC(C)C1.I. The summed E-state index contributed by atoms with van der Waals surface area (Å²) < 4.78 is 24.4. The molecule has 21 heavy (non-hydrogen) atoms. The third kappa shape index (κ3) is 10.3. The maximum atomic E-state index is 11.0. The Bertz CT molecular complexity index is 414. The van der Waals surface area contributed by atoms with Crippen LogP contribution in [0.4, 0.5) is 0 Å². The minimum absolute atomic E-state index is 0. The molecule has 0 aromatic heterocycles. The van der Waals surface area contributed by atoms with E-state index < -0.39 is 10.0 Å². The van der Waals surface area contributed by atoms with Crippen molar-refractivity contribution in [3.63, 3.8) is 0 Å². The molecule has 0 saturated heterocycles. The molecular formula is C13H29IN4O2S. The first kappa shape index (κ1) is 20.9. The Kier molecular flexibility index (Phi) is 10.6. The van der Waals surface area contributed by atoms with Gasteiger partial charge < -0.3 is 10.6 Å². The first-order chi connectivity index (χ1) is 9.40. The van der Waals surface area contributed by atoms with Gasteiger partial charge in [0, 0.05) is 19.1 Å². The first-order valence-electron chi connectivity index (χ1n) is 7.40. The number of halogens is 1. The molecule has 0 spiro atoms. The van der Waals surface area contributed by atoms with Crippen LogP contribution in [0.5, 0.6) is 0 Å². The Morgan fingerprint density at radius 1 is 1.33 bits per heavy atom. The molecule has 1 fully saturated rings. The summed E-state index contributed by atoms with van der Waals surface area (Å²) >= 11 is 0. The fourth-order valence-electron chi connectivity index (χ4n) is 2.48. The van der Waals surface area contributed by atoms with E-state index in [0.29, 0.717) is 19.1 Å². The van der Waals surface area contributed by atoms with Crippen LogP contribution in [-0.4, -0.2) is 46.3 Å². The van der Waals surface area contributed by atoms with E-state index in [-0.39, 0.29) is 24.0 Å². The van der Waals surface area contributed by atoms with Crippen LogP contribution in [-0.2, 0) is 10.0 Å². The molecule has 1 aliphatic carbocycles. The molecule has 0 heterocycles. The third-order valence-electron chi connectivity index (χ3n) is 3.37. The Balaban J connectivity index is 0.00000400. The van der Waals surface area contributed by atoms with E-state index in [4.69, 9.17) is 0 Å². The predicted molar refractivity (Wildman–Crippen MR) is 98.8 cm³/mol. The number of hydrogen-bond donors (Lipinski definition) is 3. The van der Waals surface area contributed by atoms with Crippen LogP contribution in [0.1, 0.15) is 39.5 Å². The molecule has 1 rings (SSSR count). The zero-order valence-corrected chi connectivity index (χ0v) is 16.3. The highest BCUT2D eigenvalue weighted by Gasteiger charge is 2.19. The van der Waals surface area contributed by atoms with E-state index in [2.05, 4.69) is 27.3 Å². The van der Waals surface area contributed by atoms with Gasteiger partial charge in [0.15, 0.2) is 5.96 Å². The van der Waals surface area contributed by atoms with E-state index in [9.17, 15) is 8.42 Å². The number of aliphatic imine (C=N–C) groups is 1. The minimum Gasteiger partial charge on any atom is -0.357 e. The summed E-state index contributed by atoms with van der Waals surface area (Å²) in [5.41, 5.74) is 0. The fraction of sp³-hybridized carbons (Fsp3) is 0.923. The van der Waals surface area contributed by atoms with Crippen molar-refractivity contribution in [3.05, 3.63) is 0 Å². The van der Waals surface area contributed by atoms with Gasteiger partial charge in [0.25, 0.3) is 0 Å². The molecule has 2 atom stereocenters. The van der Waals surface area contributed by atoms with Gasteiger partial charge in [-0.1, -0.05) is 19.8 Å². The van der Waals surface area contributed by atoms with E-state index in [0.717, 1.165) is 24.7 Å². The van der Waals surface area contributed by atoms with E-state index in [1.165, 1.54) is 25.7 Å². The first-order valence-corrected chi connectivity index (χ1v) is 9.29. The van der Waals surface area contributed by atoms with Crippen molar-refractivity contribution < 1.29 is 8.42 Å². The van der Waals surface area contributed by atoms with Crippen LogP contribution in [0, 0.1) is 5.92 Å². The molecule has 1 aliphatic rings. The number of nitrogens with one attached hydrogen (secondary N) is 3. The van der Waals surface area contributed by atoms with E-state index in [1.54, 1.807) is 0 Å². The standard InChI is InChI=1S/C13H28N4O2S.HI/c1-4-14-13(15-8-9-16-20(3,18)19)17-12-7-5-6-11(2)10-12;/h11-12,16H,4-10H2,1-3H3,(H2,14,15,17);1H. The highest BCUT2D eigenvalue weighted by Crippen LogP contribution is 2.23. The highest BCUT2D eigenvalue weighted by atomic mass is 127. The van der Waals surface area contributed by atoms with Gasteiger partial charge in [-0.25, -0.2) is 13.1 Å². The number of guanidine groups is 1. The molecule has 0 radical (unpaired) electrons. The summed E-state index contributed by atoms with van der Waals surface area (Å²) in [5, 5.41) is 6.65. The van der Waals surface area contributed by atoms with Crippen LogP contribution in [0.2, 0.25) is 0 Å². The molecule has 3 N–H and O–H groups in total. The van der Waals surface area contributed by atoms with Gasteiger partial charge in [0.1, 0.15) is 0 Å². The van der Waals surface area contributed by atoms with Gasteiger partial charge in [0.05, 0.1) is 12.8 Å².